The van der Waals surface area contributed by atoms with Gasteiger partial charge in [-0.2, -0.15) is 0 Å². The van der Waals surface area contributed by atoms with Crippen molar-refractivity contribution in [2.75, 3.05) is 26.2 Å². The smallest absolute Gasteiger partial charge is 0.0746 e. The summed E-state index contributed by atoms with van der Waals surface area (Å²) >= 11 is 0. The summed E-state index contributed by atoms with van der Waals surface area (Å²) in [6.07, 6.45) is 3.12. The zero-order chi connectivity index (χ0) is 15.3. The summed E-state index contributed by atoms with van der Waals surface area (Å²) in [5.41, 5.74) is 2.19. The van der Waals surface area contributed by atoms with Gasteiger partial charge in [0.25, 0.3) is 0 Å². The first kappa shape index (κ1) is 16.5. The standard InChI is InChI=1S/C18H30N2O/c1-4-19-17(16-8-5-7-15(2)13-16)9-12-20-11-6-10-18(3,21)14-20/h5,7-8,13,17,19,21H,4,6,9-12,14H2,1-3H3. The molecule has 1 heterocycles. The summed E-state index contributed by atoms with van der Waals surface area (Å²) in [7, 11) is 0. The molecule has 1 saturated heterocycles. The van der Waals surface area contributed by atoms with Crippen LogP contribution >= 0.6 is 0 Å². The monoisotopic (exact) mass is 290 g/mol. The van der Waals surface area contributed by atoms with Crippen LogP contribution in [0.15, 0.2) is 24.3 Å². The van der Waals surface area contributed by atoms with Crippen LogP contribution in [-0.4, -0.2) is 41.8 Å². The Balaban J connectivity index is 1.94. The van der Waals surface area contributed by atoms with Crippen LogP contribution in [0.2, 0.25) is 0 Å². The molecule has 2 atom stereocenters. The van der Waals surface area contributed by atoms with E-state index in [1.807, 2.05) is 6.92 Å². The van der Waals surface area contributed by atoms with Crippen molar-refractivity contribution in [3.8, 4) is 0 Å². The topological polar surface area (TPSA) is 35.5 Å². The fraction of sp³-hybridized carbons (Fsp3) is 0.667. The molecule has 0 amide bonds. The van der Waals surface area contributed by atoms with E-state index in [0.717, 1.165) is 45.4 Å². The first-order valence-electron chi connectivity index (χ1n) is 8.25. The average molecular weight is 290 g/mol. The zero-order valence-electron chi connectivity index (χ0n) is 13.7. The molecule has 0 aliphatic carbocycles. The highest BCUT2D eigenvalue weighted by Crippen LogP contribution is 2.23. The van der Waals surface area contributed by atoms with Crippen molar-refractivity contribution in [1.82, 2.24) is 10.2 Å². The van der Waals surface area contributed by atoms with E-state index in [2.05, 4.69) is 48.3 Å². The molecule has 0 radical (unpaired) electrons. The molecule has 1 aromatic carbocycles. The number of piperidine rings is 1. The predicted molar refractivity (Wildman–Crippen MR) is 88.5 cm³/mol. The van der Waals surface area contributed by atoms with Gasteiger partial charge in [-0.1, -0.05) is 36.8 Å². The lowest BCUT2D eigenvalue weighted by molar-refractivity contribution is -0.0163. The number of β-amino-alcohol motifs (C(OH)–C–C–N with tert-alkyl or cyclic N) is 1. The summed E-state index contributed by atoms with van der Waals surface area (Å²) < 4.78 is 0. The predicted octanol–water partition coefficient (Wildman–Crippen LogP) is 2.88. The summed E-state index contributed by atoms with van der Waals surface area (Å²) in [6, 6.07) is 9.18. The van der Waals surface area contributed by atoms with E-state index >= 15 is 0 Å². The number of benzene rings is 1. The van der Waals surface area contributed by atoms with Gasteiger partial charge in [-0.3, -0.25) is 0 Å². The van der Waals surface area contributed by atoms with E-state index in [0.29, 0.717) is 6.04 Å². The molecule has 1 aromatic rings. The fourth-order valence-electron chi connectivity index (χ4n) is 3.35. The van der Waals surface area contributed by atoms with Crippen LogP contribution in [0.3, 0.4) is 0 Å². The second-order valence-corrected chi connectivity index (χ2v) is 6.69. The van der Waals surface area contributed by atoms with E-state index < -0.39 is 5.60 Å². The summed E-state index contributed by atoms with van der Waals surface area (Å²) in [5, 5.41) is 13.8. The Kier molecular flexibility index (Phi) is 5.80. The second-order valence-electron chi connectivity index (χ2n) is 6.69. The molecule has 21 heavy (non-hydrogen) atoms. The van der Waals surface area contributed by atoms with Gasteiger partial charge in [0.05, 0.1) is 5.60 Å². The van der Waals surface area contributed by atoms with E-state index in [1.165, 1.54) is 11.1 Å². The van der Waals surface area contributed by atoms with Gasteiger partial charge in [0.1, 0.15) is 0 Å². The van der Waals surface area contributed by atoms with Gasteiger partial charge in [-0.15, -0.1) is 0 Å². The molecular formula is C18H30N2O. The minimum absolute atomic E-state index is 0.404. The maximum atomic E-state index is 10.2. The van der Waals surface area contributed by atoms with Crippen LogP contribution < -0.4 is 5.32 Å². The third-order valence-corrected chi connectivity index (χ3v) is 4.38. The van der Waals surface area contributed by atoms with Gasteiger partial charge < -0.3 is 15.3 Å². The van der Waals surface area contributed by atoms with Crippen molar-refractivity contribution < 1.29 is 5.11 Å². The molecule has 1 aliphatic rings. The Morgan fingerprint density at radius 1 is 1.43 bits per heavy atom. The Bertz CT molecular complexity index is 445. The van der Waals surface area contributed by atoms with Crippen molar-refractivity contribution >= 4 is 0 Å². The lowest BCUT2D eigenvalue weighted by Crippen LogP contribution is -2.46. The molecule has 1 aliphatic heterocycles. The maximum absolute atomic E-state index is 10.2. The maximum Gasteiger partial charge on any atom is 0.0746 e. The van der Waals surface area contributed by atoms with E-state index in [-0.39, 0.29) is 0 Å². The number of rotatable bonds is 6. The highest BCUT2D eigenvalue weighted by atomic mass is 16.3. The number of aliphatic hydroxyl groups is 1. The van der Waals surface area contributed by atoms with Crippen LogP contribution in [0.25, 0.3) is 0 Å². The lowest BCUT2D eigenvalue weighted by atomic mass is 9.94. The zero-order valence-corrected chi connectivity index (χ0v) is 13.7. The molecular weight excluding hydrogens is 260 g/mol. The van der Waals surface area contributed by atoms with E-state index in [1.54, 1.807) is 0 Å². The Morgan fingerprint density at radius 2 is 2.24 bits per heavy atom. The third-order valence-electron chi connectivity index (χ3n) is 4.38. The quantitative estimate of drug-likeness (QED) is 0.845. The van der Waals surface area contributed by atoms with Gasteiger partial charge in [0.15, 0.2) is 0 Å². The van der Waals surface area contributed by atoms with Crippen LogP contribution in [0.5, 0.6) is 0 Å². The van der Waals surface area contributed by atoms with Crippen LogP contribution in [0.4, 0.5) is 0 Å². The second kappa shape index (κ2) is 7.39. The highest BCUT2D eigenvalue weighted by Gasteiger charge is 2.28. The molecule has 0 aromatic heterocycles. The Hall–Kier alpha value is -0.900. The molecule has 2 N–H and O–H groups in total. The first-order chi connectivity index (χ1) is 10.00. The minimum Gasteiger partial charge on any atom is -0.389 e. The van der Waals surface area contributed by atoms with Crippen molar-refractivity contribution in [3.63, 3.8) is 0 Å². The molecule has 3 nitrogen and oxygen atoms in total. The number of nitrogens with one attached hydrogen (secondary N) is 1. The number of likely N-dealkylation sites (tertiary alicyclic amines) is 1. The van der Waals surface area contributed by atoms with Crippen molar-refractivity contribution in [2.24, 2.45) is 0 Å². The summed E-state index contributed by atoms with van der Waals surface area (Å²) in [6.45, 7) is 10.2. The third kappa shape index (κ3) is 5.10. The minimum atomic E-state index is -0.505. The molecule has 118 valence electrons. The number of hydrogen-bond donors (Lipinski definition) is 2. The van der Waals surface area contributed by atoms with Crippen LogP contribution in [0.1, 0.15) is 50.3 Å². The van der Waals surface area contributed by atoms with Gasteiger partial charge in [0.2, 0.25) is 0 Å². The Morgan fingerprint density at radius 3 is 2.90 bits per heavy atom. The highest BCUT2D eigenvalue weighted by molar-refractivity contribution is 5.25. The van der Waals surface area contributed by atoms with Gasteiger partial charge in [-0.05, 0) is 51.8 Å². The SMILES string of the molecule is CCNC(CCN1CCCC(C)(O)C1)c1cccc(C)c1. The van der Waals surface area contributed by atoms with Crippen molar-refractivity contribution in [3.05, 3.63) is 35.4 Å². The number of aryl methyl sites for hydroxylation is 1. The fourth-order valence-corrected chi connectivity index (χ4v) is 3.35. The number of nitrogens with zero attached hydrogens (tertiary/aromatic N) is 1. The summed E-state index contributed by atoms with van der Waals surface area (Å²) in [4.78, 5) is 2.41. The molecule has 2 rings (SSSR count). The molecule has 3 heteroatoms. The molecule has 1 fully saturated rings. The summed E-state index contributed by atoms with van der Waals surface area (Å²) in [5.74, 6) is 0. The largest absolute Gasteiger partial charge is 0.389 e. The molecule has 0 bridgehead atoms. The number of hydrogen-bond acceptors (Lipinski definition) is 3. The van der Waals surface area contributed by atoms with Crippen LogP contribution in [0, 0.1) is 6.92 Å². The molecule has 2 unspecified atom stereocenters. The van der Waals surface area contributed by atoms with Gasteiger partial charge in [-0.25, -0.2) is 0 Å². The van der Waals surface area contributed by atoms with E-state index in [9.17, 15) is 5.11 Å². The van der Waals surface area contributed by atoms with Crippen LogP contribution in [-0.2, 0) is 0 Å². The first-order valence-corrected chi connectivity index (χ1v) is 8.25. The molecule has 0 saturated carbocycles. The van der Waals surface area contributed by atoms with Crippen molar-refractivity contribution in [2.45, 2.75) is 51.7 Å². The normalized spacial score (nSPS) is 25.0. The van der Waals surface area contributed by atoms with Gasteiger partial charge in [0, 0.05) is 19.1 Å². The lowest BCUT2D eigenvalue weighted by Gasteiger charge is -2.37. The average Bonchev–Trinajstić information content (AvgIpc) is 2.42. The Labute approximate surface area is 129 Å². The van der Waals surface area contributed by atoms with E-state index in [4.69, 9.17) is 0 Å². The van der Waals surface area contributed by atoms with Gasteiger partial charge >= 0.3 is 0 Å². The molecule has 0 spiro atoms. The van der Waals surface area contributed by atoms with Crippen molar-refractivity contribution in [1.29, 1.82) is 0 Å².